The first-order valence-corrected chi connectivity index (χ1v) is 7.49. The van der Waals surface area contributed by atoms with Crippen LogP contribution in [0.5, 0.6) is 0 Å². The van der Waals surface area contributed by atoms with Crippen LogP contribution in [0.3, 0.4) is 0 Å². The molecule has 0 N–H and O–H groups in total. The summed E-state index contributed by atoms with van der Waals surface area (Å²) in [6.07, 6.45) is 2.38. The molecule has 100 valence electrons. The summed E-state index contributed by atoms with van der Waals surface area (Å²) in [7, 11) is 2.21. The van der Waals surface area contributed by atoms with Crippen molar-refractivity contribution in [1.29, 1.82) is 0 Å². The topological polar surface area (TPSA) is 19.4 Å². The van der Waals surface area contributed by atoms with Crippen LogP contribution < -0.4 is 4.90 Å². The number of halogens is 1. The van der Waals surface area contributed by atoms with Crippen molar-refractivity contribution in [3.8, 4) is 0 Å². The highest BCUT2D eigenvalue weighted by atomic mass is 79.9. The molecule has 1 saturated heterocycles. The Balaban J connectivity index is 2.25. The van der Waals surface area contributed by atoms with Gasteiger partial charge in [0.1, 0.15) is 5.82 Å². The van der Waals surface area contributed by atoms with Crippen molar-refractivity contribution in [3.05, 3.63) is 22.3 Å². The van der Waals surface area contributed by atoms with Crippen LogP contribution in [0.25, 0.3) is 0 Å². The lowest BCUT2D eigenvalue weighted by atomic mass is 10.2. The number of hydrogen-bond acceptors (Lipinski definition) is 3. The Labute approximate surface area is 118 Å². The van der Waals surface area contributed by atoms with Gasteiger partial charge >= 0.3 is 0 Å². The van der Waals surface area contributed by atoms with E-state index in [0.717, 1.165) is 29.1 Å². The van der Waals surface area contributed by atoms with Crippen LogP contribution >= 0.6 is 15.9 Å². The summed E-state index contributed by atoms with van der Waals surface area (Å²) < 4.78 is 1.09. The minimum atomic E-state index is 0.575. The number of aromatic nitrogens is 1. The molecule has 0 aromatic carbocycles. The van der Waals surface area contributed by atoms with Gasteiger partial charge in [-0.2, -0.15) is 0 Å². The molecule has 1 atom stereocenters. The lowest BCUT2D eigenvalue weighted by Crippen LogP contribution is -2.40. The molecule has 0 radical (unpaired) electrons. The fourth-order valence-corrected chi connectivity index (χ4v) is 2.81. The van der Waals surface area contributed by atoms with Crippen LogP contribution in [0.4, 0.5) is 5.82 Å². The highest BCUT2D eigenvalue weighted by Crippen LogP contribution is 2.23. The second-order valence-corrected chi connectivity index (χ2v) is 5.96. The minimum absolute atomic E-state index is 0.575. The van der Waals surface area contributed by atoms with E-state index < -0.39 is 0 Å². The van der Waals surface area contributed by atoms with Gasteiger partial charge in [-0.3, -0.25) is 0 Å². The van der Waals surface area contributed by atoms with Crippen molar-refractivity contribution >= 4 is 21.7 Å². The standard InChI is InChI=1S/C14H22BrN3/c1-4-12-10-17(3)8-5-9-18(12)14-7-6-13(15)11(2)16-14/h6-7,12H,4-5,8-10H2,1-3H3. The van der Waals surface area contributed by atoms with E-state index in [-0.39, 0.29) is 0 Å². The molecular weight excluding hydrogens is 290 g/mol. The van der Waals surface area contributed by atoms with Gasteiger partial charge in [0.25, 0.3) is 0 Å². The third-order valence-electron chi connectivity index (χ3n) is 3.67. The SMILES string of the molecule is CCC1CN(C)CCCN1c1ccc(Br)c(C)n1. The first-order valence-electron chi connectivity index (χ1n) is 6.70. The molecule has 1 unspecified atom stereocenters. The van der Waals surface area contributed by atoms with Crippen LogP contribution in [-0.4, -0.2) is 42.6 Å². The van der Waals surface area contributed by atoms with Crippen molar-refractivity contribution in [1.82, 2.24) is 9.88 Å². The van der Waals surface area contributed by atoms with E-state index in [4.69, 9.17) is 4.98 Å². The van der Waals surface area contributed by atoms with E-state index in [2.05, 4.69) is 58.8 Å². The molecule has 0 amide bonds. The van der Waals surface area contributed by atoms with Gasteiger partial charge in [-0.1, -0.05) is 6.92 Å². The number of nitrogens with zero attached hydrogens (tertiary/aromatic N) is 3. The predicted octanol–water partition coefficient (Wildman–Crippen LogP) is 3.07. The first kappa shape index (κ1) is 13.8. The predicted molar refractivity (Wildman–Crippen MR) is 80.2 cm³/mol. The zero-order chi connectivity index (χ0) is 13.1. The summed E-state index contributed by atoms with van der Waals surface area (Å²) in [4.78, 5) is 9.63. The molecule has 1 aliphatic rings. The molecule has 0 aliphatic carbocycles. The maximum atomic E-state index is 4.72. The van der Waals surface area contributed by atoms with E-state index in [1.807, 2.05) is 0 Å². The second kappa shape index (κ2) is 6.02. The van der Waals surface area contributed by atoms with E-state index >= 15 is 0 Å². The van der Waals surface area contributed by atoms with Crippen molar-refractivity contribution in [2.75, 3.05) is 31.6 Å². The molecule has 2 heterocycles. The van der Waals surface area contributed by atoms with Crippen LogP contribution in [0, 0.1) is 6.92 Å². The molecule has 0 saturated carbocycles. The van der Waals surface area contributed by atoms with Crippen LogP contribution in [0.15, 0.2) is 16.6 Å². The molecule has 1 aliphatic heterocycles. The lowest BCUT2D eigenvalue weighted by molar-refractivity contribution is 0.327. The number of rotatable bonds is 2. The van der Waals surface area contributed by atoms with Crippen LogP contribution in [0.1, 0.15) is 25.5 Å². The van der Waals surface area contributed by atoms with E-state index in [1.165, 1.54) is 19.4 Å². The Morgan fingerprint density at radius 3 is 2.83 bits per heavy atom. The van der Waals surface area contributed by atoms with Gasteiger partial charge in [-0.05, 0) is 61.4 Å². The van der Waals surface area contributed by atoms with Crippen LogP contribution in [-0.2, 0) is 0 Å². The number of aryl methyl sites for hydroxylation is 1. The highest BCUT2D eigenvalue weighted by molar-refractivity contribution is 9.10. The fraction of sp³-hybridized carbons (Fsp3) is 0.643. The Kier molecular flexibility index (Phi) is 4.62. The number of hydrogen-bond donors (Lipinski definition) is 0. The van der Waals surface area contributed by atoms with Gasteiger partial charge in [0.2, 0.25) is 0 Å². The fourth-order valence-electron chi connectivity index (χ4n) is 2.59. The van der Waals surface area contributed by atoms with E-state index in [1.54, 1.807) is 0 Å². The van der Waals surface area contributed by atoms with Crippen molar-refractivity contribution in [2.45, 2.75) is 32.7 Å². The van der Waals surface area contributed by atoms with Crippen molar-refractivity contribution in [2.24, 2.45) is 0 Å². The zero-order valence-electron chi connectivity index (χ0n) is 11.5. The van der Waals surface area contributed by atoms with Gasteiger partial charge in [-0.25, -0.2) is 4.98 Å². The molecule has 2 rings (SSSR count). The van der Waals surface area contributed by atoms with Gasteiger partial charge in [-0.15, -0.1) is 0 Å². The molecule has 0 bridgehead atoms. The molecule has 3 nitrogen and oxygen atoms in total. The highest BCUT2D eigenvalue weighted by Gasteiger charge is 2.23. The molecule has 1 aromatic rings. The molecule has 4 heteroatoms. The summed E-state index contributed by atoms with van der Waals surface area (Å²) in [6, 6.07) is 4.81. The minimum Gasteiger partial charge on any atom is -0.352 e. The van der Waals surface area contributed by atoms with Crippen molar-refractivity contribution < 1.29 is 0 Å². The molecule has 18 heavy (non-hydrogen) atoms. The van der Waals surface area contributed by atoms with Gasteiger partial charge in [0, 0.05) is 23.6 Å². The number of anilines is 1. The second-order valence-electron chi connectivity index (χ2n) is 5.11. The first-order chi connectivity index (χ1) is 8.61. The normalized spacial score (nSPS) is 22.0. The summed E-state index contributed by atoms with van der Waals surface area (Å²) in [6.45, 7) is 7.74. The summed E-state index contributed by atoms with van der Waals surface area (Å²) in [5, 5.41) is 0. The van der Waals surface area contributed by atoms with Gasteiger partial charge in [0.05, 0.1) is 5.69 Å². The van der Waals surface area contributed by atoms with Crippen molar-refractivity contribution in [3.63, 3.8) is 0 Å². The Morgan fingerprint density at radius 1 is 1.39 bits per heavy atom. The maximum absolute atomic E-state index is 4.72. The third kappa shape index (κ3) is 3.04. The molecule has 1 aromatic heterocycles. The van der Waals surface area contributed by atoms with E-state index in [9.17, 15) is 0 Å². The van der Waals surface area contributed by atoms with Gasteiger partial charge < -0.3 is 9.80 Å². The molecule has 0 spiro atoms. The monoisotopic (exact) mass is 311 g/mol. The quantitative estimate of drug-likeness (QED) is 0.836. The maximum Gasteiger partial charge on any atom is 0.129 e. The average molecular weight is 312 g/mol. The largest absolute Gasteiger partial charge is 0.352 e. The Bertz CT molecular complexity index is 408. The average Bonchev–Trinajstić information content (AvgIpc) is 2.54. The van der Waals surface area contributed by atoms with Crippen LogP contribution in [0.2, 0.25) is 0 Å². The summed E-state index contributed by atoms with van der Waals surface area (Å²) >= 11 is 3.52. The number of likely N-dealkylation sites (N-methyl/N-ethyl adjacent to an activating group) is 1. The summed E-state index contributed by atoms with van der Waals surface area (Å²) in [5.74, 6) is 1.12. The Morgan fingerprint density at radius 2 is 2.17 bits per heavy atom. The van der Waals surface area contributed by atoms with E-state index in [0.29, 0.717) is 6.04 Å². The summed E-state index contributed by atoms with van der Waals surface area (Å²) in [5.41, 5.74) is 1.07. The van der Waals surface area contributed by atoms with Gasteiger partial charge in [0.15, 0.2) is 0 Å². The smallest absolute Gasteiger partial charge is 0.129 e. The molecule has 1 fully saturated rings. The zero-order valence-corrected chi connectivity index (χ0v) is 13.1. The number of pyridine rings is 1. The molecular formula is C14H22BrN3. The Hall–Kier alpha value is -0.610. The third-order valence-corrected chi connectivity index (χ3v) is 4.51. The lowest BCUT2D eigenvalue weighted by Gasteiger charge is -2.31.